The molecule has 0 spiro atoms. The van der Waals surface area contributed by atoms with Gasteiger partial charge in [-0.1, -0.05) is 38.3 Å². The Bertz CT molecular complexity index is 436. The summed E-state index contributed by atoms with van der Waals surface area (Å²) in [5, 5.41) is 11.0. The molecule has 0 radical (unpaired) electrons. The highest BCUT2D eigenvalue weighted by atomic mass is 35.5. The molecule has 0 fully saturated rings. The topological polar surface area (TPSA) is 59.3 Å². The van der Waals surface area contributed by atoms with Gasteiger partial charge in [0.25, 0.3) is 5.69 Å². The maximum atomic E-state index is 10.9. The summed E-state index contributed by atoms with van der Waals surface area (Å²) in [6.07, 6.45) is 2.16. The molecule has 1 aromatic rings. The Labute approximate surface area is 118 Å². The lowest BCUT2D eigenvalue weighted by Crippen LogP contribution is -2.29. The predicted molar refractivity (Wildman–Crippen MR) is 77.9 cm³/mol. The van der Waals surface area contributed by atoms with Crippen molar-refractivity contribution in [2.24, 2.45) is 5.92 Å². The van der Waals surface area contributed by atoms with Crippen molar-refractivity contribution in [2.75, 3.05) is 18.0 Å². The van der Waals surface area contributed by atoms with Gasteiger partial charge in [0.1, 0.15) is 11.0 Å². The molecule has 0 unspecified atom stereocenters. The van der Waals surface area contributed by atoms with Crippen LogP contribution in [-0.2, 0) is 0 Å². The zero-order valence-corrected chi connectivity index (χ0v) is 12.4. The molecular weight excluding hydrogens is 266 g/mol. The summed E-state index contributed by atoms with van der Waals surface area (Å²) in [5.41, 5.74) is -0.0157. The first kappa shape index (κ1) is 15.7. The molecule has 0 atom stereocenters. The van der Waals surface area contributed by atoms with Gasteiger partial charge in [-0.15, -0.1) is 0 Å². The van der Waals surface area contributed by atoms with Crippen molar-refractivity contribution in [2.45, 2.75) is 33.6 Å². The van der Waals surface area contributed by atoms with Gasteiger partial charge < -0.3 is 4.90 Å². The van der Waals surface area contributed by atoms with Crippen molar-refractivity contribution < 1.29 is 4.92 Å². The summed E-state index contributed by atoms with van der Waals surface area (Å²) in [4.78, 5) is 16.6. The molecule has 0 saturated carbocycles. The number of aromatic nitrogens is 1. The summed E-state index contributed by atoms with van der Waals surface area (Å²) in [7, 11) is 0. The van der Waals surface area contributed by atoms with Crippen LogP contribution < -0.4 is 4.90 Å². The number of anilines is 1. The fourth-order valence-electron chi connectivity index (χ4n) is 1.98. The van der Waals surface area contributed by atoms with Crippen LogP contribution in [0.25, 0.3) is 0 Å². The molecule has 1 heterocycles. The van der Waals surface area contributed by atoms with E-state index in [9.17, 15) is 10.1 Å². The average molecular weight is 286 g/mol. The van der Waals surface area contributed by atoms with E-state index in [1.165, 1.54) is 12.1 Å². The van der Waals surface area contributed by atoms with Crippen molar-refractivity contribution in [3.8, 4) is 0 Å². The normalized spacial score (nSPS) is 10.8. The Morgan fingerprint density at radius 2 is 2.00 bits per heavy atom. The van der Waals surface area contributed by atoms with Crippen LogP contribution in [0.2, 0.25) is 5.15 Å². The first-order valence-electron chi connectivity index (χ1n) is 6.58. The zero-order chi connectivity index (χ0) is 14.4. The highest BCUT2D eigenvalue weighted by molar-refractivity contribution is 6.29. The van der Waals surface area contributed by atoms with Crippen LogP contribution in [-0.4, -0.2) is 23.0 Å². The van der Waals surface area contributed by atoms with Crippen LogP contribution in [0, 0.1) is 16.0 Å². The quantitative estimate of drug-likeness (QED) is 0.433. The van der Waals surface area contributed by atoms with Gasteiger partial charge in [-0.25, -0.2) is 4.98 Å². The third-order valence-electron chi connectivity index (χ3n) is 3.32. The molecule has 19 heavy (non-hydrogen) atoms. The molecule has 1 aromatic heterocycles. The van der Waals surface area contributed by atoms with Crippen LogP contribution in [0.1, 0.15) is 33.6 Å². The highest BCUT2D eigenvalue weighted by Gasteiger charge is 2.16. The van der Waals surface area contributed by atoms with E-state index in [0.29, 0.717) is 11.7 Å². The third-order valence-corrected chi connectivity index (χ3v) is 3.51. The van der Waals surface area contributed by atoms with E-state index in [4.69, 9.17) is 11.6 Å². The SMILES string of the molecule is CCC(CC)CN(CC)c1cc([N+](=O)[O-])cc(Cl)n1. The molecule has 0 bridgehead atoms. The summed E-state index contributed by atoms with van der Waals surface area (Å²) in [5.74, 6) is 1.13. The number of hydrogen-bond donors (Lipinski definition) is 0. The maximum absolute atomic E-state index is 10.9. The van der Waals surface area contributed by atoms with Crippen molar-refractivity contribution in [3.63, 3.8) is 0 Å². The fourth-order valence-corrected chi connectivity index (χ4v) is 2.18. The van der Waals surface area contributed by atoms with Gasteiger partial charge in [0.05, 0.1) is 17.1 Å². The third kappa shape index (κ3) is 4.35. The van der Waals surface area contributed by atoms with Gasteiger partial charge in [0.2, 0.25) is 0 Å². The molecule has 5 nitrogen and oxygen atoms in total. The lowest BCUT2D eigenvalue weighted by Gasteiger charge is -2.26. The number of nitro groups is 1. The summed E-state index contributed by atoms with van der Waals surface area (Å²) in [6.45, 7) is 7.90. The minimum Gasteiger partial charge on any atom is -0.356 e. The minimum atomic E-state index is -0.442. The first-order chi connectivity index (χ1) is 9.01. The van der Waals surface area contributed by atoms with E-state index in [1.807, 2.05) is 11.8 Å². The summed E-state index contributed by atoms with van der Waals surface area (Å²) >= 11 is 5.86. The van der Waals surface area contributed by atoms with Crippen molar-refractivity contribution in [1.82, 2.24) is 4.98 Å². The minimum absolute atomic E-state index is 0.0157. The highest BCUT2D eigenvalue weighted by Crippen LogP contribution is 2.24. The predicted octanol–water partition coefficient (Wildman–Crippen LogP) is 3.91. The monoisotopic (exact) mass is 285 g/mol. The van der Waals surface area contributed by atoms with Crippen molar-refractivity contribution >= 4 is 23.1 Å². The second-order valence-electron chi connectivity index (χ2n) is 4.48. The zero-order valence-electron chi connectivity index (χ0n) is 11.6. The van der Waals surface area contributed by atoms with Gasteiger partial charge >= 0.3 is 0 Å². The van der Waals surface area contributed by atoms with E-state index in [-0.39, 0.29) is 10.8 Å². The Hall–Kier alpha value is -1.36. The second kappa shape index (κ2) is 7.28. The van der Waals surface area contributed by atoms with Crippen LogP contribution in [0.5, 0.6) is 0 Å². The van der Waals surface area contributed by atoms with Crippen LogP contribution in [0.15, 0.2) is 12.1 Å². The molecule has 0 aliphatic carbocycles. The van der Waals surface area contributed by atoms with Crippen LogP contribution in [0.4, 0.5) is 11.5 Å². The first-order valence-corrected chi connectivity index (χ1v) is 6.96. The molecule has 6 heteroatoms. The number of hydrogen-bond acceptors (Lipinski definition) is 4. The molecule has 1 rings (SSSR count). The fraction of sp³-hybridized carbons (Fsp3) is 0.615. The van der Waals surface area contributed by atoms with E-state index in [1.54, 1.807) is 0 Å². The molecular formula is C13H20ClN3O2. The van der Waals surface area contributed by atoms with E-state index in [2.05, 4.69) is 18.8 Å². The van der Waals surface area contributed by atoms with Crippen LogP contribution in [0.3, 0.4) is 0 Å². The maximum Gasteiger partial charge on any atom is 0.276 e. The van der Waals surface area contributed by atoms with Crippen molar-refractivity contribution in [1.29, 1.82) is 0 Å². The Kier molecular flexibility index (Phi) is 6.02. The van der Waals surface area contributed by atoms with Gasteiger partial charge in [-0.05, 0) is 12.8 Å². The van der Waals surface area contributed by atoms with Gasteiger partial charge in [0.15, 0.2) is 0 Å². The second-order valence-corrected chi connectivity index (χ2v) is 4.87. The van der Waals surface area contributed by atoms with Gasteiger partial charge in [0, 0.05) is 13.1 Å². The molecule has 0 N–H and O–H groups in total. The molecule has 0 aromatic carbocycles. The molecule has 0 aliphatic rings. The molecule has 0 aliphatic heterocycles. The number of pyridine rings is 1. The Morgan fingerprint density at radius 1 is 1.37 bits per heavy atom. The van der Waals surface area contributed by atoms with E-state index >= 15 is 0 Å². The van der Waals surface area contributed by atoms with E-state index in [0.717, 1.165) is 25.9 Å². The summed E-state index contributed by atoms with van der Waals surface area (Å²) in [6, 6.07) is 2.76. The van der Waals surface area contributed by atoms with Gasteiger partial charge in [-0.2, -0.15) is 0 Å². The smallest absolute Gasteiger partial charge is 0.276 e. The van der Waals surface area contributed by atoms with Gasteiger partial charge in [-0.3, -0.25) is 10.1 Å². The number of rotatable bonds is 7. The van der Waals surface area contributed by atoms with Crippen molar-refractivity contribution in [3.05, 3.63) is 27.4 Å². The van der Waals surface area contributed by atoms with E-state index < -0.39 is 4.92 Å². The largest absolute Gasteiger partial charge is 0.356 e. The summed E-state index contributed by atoms with van der Waals surface area (Å²) < 4.78 is 0. The Morgan fingerprint density at radius 3 is 2.47 bits per heavy atom. The molecule has 0 saturated heterocycles. The number of nitrogens with zero attached hydrogens (tertiary/aromatic N) is 3. The standard InChI is InChI=1S/C13H20ClN3O2/c1-4-10(5-2)9-16(6-3)13-8-11(17(18)19)7-12(14)15-13/h7-8,10H,4-6,9H2,1-3H3. The molecule has 0 amide bonds. The lowest BCUT2D eigenvalue weighted by molar-refractivity contribution is -0.384. The average Bonchev–Trinajstić information content (AvgIpc) is 2.39. The molecule has 106 valence electrons. The number of halogens is 1. The van der Waals surface area contributed by atoms with Crippen LogP contribution >= 0.6 is 11.6 Å². The Balaban J connectivity index is 3.00. The lowest BCUT2D eigenvalue weighted by atomic mass is 10.0.